The molecule has 1 rings (SSSR count). The van der Waals surface area contributed by atoms with Gasteiger partial charge in [0.15, 0.2) is 0 Å². The van der Waals surface area contributed by atoms with Crippen molar-refractivity contribution in [2.45, 2.75) is 25.9 Å². The molecule has 0 radical (unpaired) electrons. The van der Waals surface area contributed by atoms with Crippen LogP contribution in [0.25, 0.3) is 0 Å². The Balaban J connectivity index is 2.21. The average molecular weight is 186 g/mol. The first-order valence-corrected chi connectivity index (χ1v) is 4.86. The van der Waals surface area contributed by atoms with E-state index >= 15 is 0 Å². The van der Waals surface area contributed by atoms with Gasteiger partial charge in [-0.25, -0.2) is 0 Å². The zero-order valence-corrected chi connectivity index (χ0v) is 8.05. The summed E-state index contributed by atoms with van der Waals surface area (Å²) in [6.07, 6.45) is 1.56. The molecule has 1 fully saturated rings. The predicted molar refractivity (Wildman–Crippen MR) is 50.3 cm³/mol. The van der Waals surface area contributed by atoms with Crippen LogP contribution in [0, 0.1) is 5.92 Å². The van der Waals surface area contributed by atoms with Crippen LogP contribution in [-0.4, -0.2) is 36.8 Å². The van der Waals surface area contributed by atoms with Crippen molar-refractivity contribution in [1.29, 1.82) is 0 Å². The molecule has 1 aliphatic rings. The maximum Gasteiger partial charge on any atom is 0.224 e. The Morgan fingerprint density at radius 1 is 1.77 bits per heavy atom. The summed E-state index contributed by atoms with van der Waals surface area (Å²) in [6.45, 7) is 3.81. The van der Waals surface area contributed by atoms with E-state index in [-0.39, 0.29) is 11.8 Å². The van der Waals surface area contributed by atoms with Gasteiger partial charge in [0.05, 0.1) is 12.0 Å². The van der Waals surface area contributed by atoms with Crippen molar-refractivity contribution >= 4 is 5.91 Å². The van der Waals surface area contributed by atoms with Crippen molar-refractivity contribution in [2.24, 2.45) is 5.92 Å². The summed E-state index contributed by atoms with van der Waals surface area (Å²) in [4.78, 5) is 11.4. The van der Waals surface area contributed by atoms with E-state index in [2.05, 4.69) is 10.6 Å². The van der Waals surface area contributed by atoms with Gasteiger partial charge in [0.25, 0.3) is 0 Å². The molecule has 76 valence electrons. The Hall–Kier alpha value is -0.610. The van der Waals surface area contributed by atoms with E-state index in [1.807, 2.05) is 0 Å². The second kappa shape index (κ2) is 5.19. The third kappa shape index (κ3) is 3.74. The van der Waals surface area contributed by atoms with Gasteiger partial charge in [-0.3, -0.25) is 4.79 Å². The highest BCUT2D eigenvalue weighted by Crippen LogP contribution is 2.09. The van der Waals surface area contributed by atoms with E-state index in [0.29, 0.717) is 6.54 Å². The van der Waals surface area contributed by atoms with Crippen LogP contribution < -0.4 is 10.6 Å². The van der Waals surface area contributed by atoms with E-state index in [4.69, 9.17) is 5.11 Å². The highest BCUT2D eigenvalue weighted by Gasteiger charge is 2.20. The normalized spacial score (nSPS) is 25.2. The topological polar surface area (TPSA) is 61.4 Å². The molecule has 1 amide bonds. The summed E-state index contributed by atoms with van der Waals surface area (Å²) in [5, 5.41) is 14.9. The zero-order valence-electron chi connectivity index (χ0n) is 8.05. The molecule has 4 heteroatoms. The molecule has 0 aromatic heterocycles. The molecule has 0 unspecified atom stereocenters. The lowest BCUT2D eigenvalue weighted by Crippen LogP contribution is -2.42. The van der Waals surface area contributed by atoms with Crippen molar-refractivity contribution in [3.63, 3.8) is 0 Å². The first kappa shape index (κ1) is 10.5. The number of hydrogen-bond acceptors (Lipinski definition) is 3. The number of aliphatic hydroxyl groups is 1. The number of aliphatic hydroxyl groups excluding tert-OH is 1. The smallest absolute Gasteiger partial charge is 0.224 e. The maximum atomic E-state index is 11.4. The molecule has 0 saturated carbocycles. The van der Waals surface area contributed by atoms with Crippen molar-refractivity contribution in [3.05, 3.63) is 0 Å². The fourth-order valence-electron chi connectivity index (χ4n) is 1.47. The van der Waals surface area contributed by atoms with Crippen LogP contribution in [0.4, 0.5) is 0 Å². The van der Waals surface area contributed by atoms with Gasteiger partial charge in [0, 0.05) is 13.1 Å². The largest absolute Gasteiger partial charge is 0.392 e. The van der Waals surface area contributed by atoms with E-state index in [0.717, 1.165) is 25.9 Å². The molecular formula is C9H18N2O2. The highest BCUT2D eigenvalue weighted by molar-refractivity contribution is 5.78. The number of rotatable bonds is 3. The van der Waals surface area contributed by atoms with Gasteiger partial charge in [0.2, 0.25) is 5.91 Å². The summed E-state index contributed by atoms with van der Waals surface area (Å²) in [7, 11) is 0. The lowest BCUT2D eigenvalue weighted by Gasteiger charge is -2.22. The molecule has 0 aromatic rings. The van der Waals surface area contributed by atoms with Gasteiger partial charge in [-0.15, -0.1) is 0 Å². The summed E-state index contributed by atoms with van der Waals surface area (Å²) in [5.74, 6) is 0.153. The predicted octanol–water partition coefficient (Wildman–Crippen LogP) is -0.517. The first-order valence-electron chi connectivity index (χ1n) is 4.86. The van der Waals surface area contributed by atoms with Crippen LogP contribution in [-0.2, 0) is 4.79 Å². The monoisotopic (exact) mass is 186 g/mol. The van der Waals surface area contributed by atoms with E-state index in [9.17, 15) is 4.79 Å². The standard InChI is InChI=1S/C9H18N2O2/c1-7(12)5-11-9(13)8-3-2-4-10-6-8/h7-8,10,12H,2-6H2,1H3,(H,11,13)/t7-,8-/m1/s1. The molecule has 0 bridgehead atoms. The minimum absolute atomic E-state index is 0.0631. The summed E-state index contributed by atoms with van der Waals surface area (Å²) in [5.41, 5.74) is 0. The number of carbonyl (C=O) groups excluding carboxylic acids is 1. The van der Waals surface area contributed by atoms with Crippen LogP contribution in [0.3, 0.4) is 0 Å². The fourth-order valence-corrected chi connectivity index (χ4v) is 1.47. The second-order valence-corrected chi connectivity index (χ2v) is 3.64. The van der Waals surface area contributed by atoms with Crippen LogP contribution in [0.5, 0.6) is 0 Å². The SMILES string of the molecule is C[C@@H](O)CNC(=O)[C@@H]1CCCNC1. The highest BCUT2D eigenvalue weighted by atomic mass is 16.3. The molecular weight excluding hydrogens is 168 g/mol. The molecule has 1 saturated heterocycles. The van der Waals surface area contributed by atoms with Crippen LogP contribution >= 0.6 is 0 Å². The van der Waals surface area contributed by atoms with Crippen LogP contribution in [0.2, 0.25) is 0 Å². The van der Waals surface area contributed by atoms with Gasteiger partial charge in [-0.2, -0.15) is 0 Å². The van der Waals surface area contributed by atoms with Crippen molar-refractivity contribution < 1.29 is 9.90 Å². The van der Waals surface area contributed by atoms with E-state index in [1.165, 1.54) is 0 Å². The Kier molecular flexibility index (Phi) is 4.18. The maximum absolute atomic E-state index is 11.4. The Morgan fingerprint density at radius 2 is 2.54 bits per heavy atom. The molecule has 2 atom stereocenters. The summed E-state index contributed by atoms with van der Waals surface area (Å²) >= 11 is 0. The van der Waals surface area contributed by atoms with Gasteiger partial charge in [-0.05, 0) is 26.3 Å². The summed E-state index contributed by atoms with van der Waals surface area (Å²) in [6, 6.07) is 0. The number of amides is 1. The molecule has 1 heterocycles. The number of carbonyl (C=O) groups is 1. The fraction of sp³-hybridized carbons (Fsp3) is 0.889. The zero-order chi connectivity index (χ0) is 9.68. The second-order valence-electron chi connectivity index (χ2n) is 3.64. The van der Waals surface area contributed by atoms with Gasteiger partial charge in [-0.1, -0.05) is 0 Å². The average Bonchev–Trinajstić information content (AvgIpc) is 2.15. The van der Waals surface area contributed by atoms with Crippen molar-refractivity contribution in [1.82, 2.24) is 10.6 Å². The first-order chi connectivity index (χ1) is 6.20. The molecule has 1 aliphatic heterocycles. The molecule has 13 heavy (non-hydrogen) atoms. The van der Waals surface area contributed by atoms with E-state index < -0.39 is 6.10 Å². The van der Waals surface area contributed by atoms with Gasteiger partial charge in [0.1, 0.15) is 0 Å². The molecule has 0 aliphatic carbocycles. The number of piperidine rings is 1. The number of hydrogen-bond donors (Lipinski definition) is 3. The van der Waals surface area contributed by atoms with Crippen molar-refractivity contribution in [3.8, 4) is 0 Å². The number of nitrogens with one attached hydrogen (secondary N) is 2. The lowest BCUT2D eigenvalue weighted by molar-refractivity contribution is -0.125. The quantitative estimate of drug-likeness (QED) is 0.556. The minimum atomic E-state index is -0.458. The Morgan fingerprint density at radius 3 is 3.08 bits per heavy atom. The van der Waals surface area contributed by atoms with E-state index in [1.54, 1.807) is 6.92 Å². The van der Waals surface area contributed by atoms with Gasteiger partial charge < -0.3 is 15.7 Å². The summed E-state index contributed by atoms with van der Waals surface area (Å²) < 4.78 is 0. The minimum Gasteiger partial charge on any atom is -0.392 e. The molecule has 0 aromatic carbocycles. The lowest BCUT2D eigenvalue weighted by atomic mass is 9.99. The Bertz CT molecular complexity index is 165. The van der Waals surface area contributed by atoms with Crippen molar-refractivity contribution in [2.75, 3.05) is 19.6 Å². The molecule has 3 N–H and O–H groups in total. The third-order valence-electron chi connectivity index (χ3n) is 2.24. The van der Waals surface area contributed by atoms with Crippen LogP contribution in [0.1, 0.15) is 19.8 Å². The van der Waals surface area contributed by atoms with Crippen LogP contribution in [0.15, 0.2) is 0 Å². The molecule has 0 spiro atoms. The van der Waals surface area contributed by atoms with Gasteiger partial charge >= 0.3 is 0 Å². The Labute approximate surface area is 78.7 Å². The molecule has 4 nitrogen and oxygen atoms in total. The third-order valence-corrected chi connectivity index (χ3v) is 2.24.